The van der Waals surface area contributed by atoms with Gasteiger partial charge in [0.1, 0.15) is 18.2 Å². The lowest BCUT2D eigenvalue weighted by molar-refractivity contribution is -0.122. The van der Waals surface area contributed by atoms with E-state index in [2.05, 4.69) is 10.3 Å². The molecule has 2 rings (SSSR count). The smallest absolute Gasteiger partial charge is 0.254 e. The molecule has 0 atom stereocenters. The number of rotatable bonds is 5. The van der Waals surface area contributed by atoms with Crippen molar-refractivity contribution >= 4 is 5.91 Å². The summed E-state index contributed by atoms with van der Waals surface area (Å²) in [6, 6.07) is 7.11. The molecule has 0 aliphatic heterocycles. The molecule has 0 saturated carbocycles. The predicted molar refractivity (Wildman–Crippen MR) is 86.5 cm³/mol. The molecular weight excluding hydrogens is 297 g/mol. The summed E-state index contributed by atoms with van der Waals surface area (Å²) in [6.07, 6.45) is 0.600. The predicted octanol–water partition coefficient (Wildman–Crippen LogP) is 2.14. The number of carbonyl (C=O) groups is 1. The van der Waals surface area contributed by atoms with E-state index in [0.29, 0.717) is 23.5 Å². The third-order valence-electron chi connectivity index (χ3n) is 3.28. The van der Waals surface area contributed by atoms with Gasteiger partial charge in [-0.2, -0.15) is 0 Å². The Labute approximate surface area is 134 Å². The van der Waals surface area contributed by atoms with Crippen LogP contribution in [0.5, 0.6) is 0 Å². The summed E-state index contributed by atoms with van der Waals surface area (Å²) >= 11 is 0. The molecule has 6 heteroatoms. The van der Waals surface area contributed by atoms with Crippen molar-refractivity contribution in [1.29, 1.82) is 0 Å². The van der Waals surface area contributed by atoms with Gasteiger partial charge in [0.15, 0.2) is 0 Å². The highest BCUT2D eigenvalue weighted by atomic mass is 19.1. The maximum Gasteiger partial charge on any atom is 0.254 e. The van der Waals surface area contributed by atoms with Crippen LogP contribution in [0.15, 0.2) is 35.1 Å². The second-order valence-corrected chi connectivity index (χ2v) is 5.58. The molecular formula is C17H20FN3O2. The average Bonchev–Trinajstić information content (AvgIpc) is 2.49. The molecule has 0 radical (unpaired) electrons. The third-order valence-corrected chi connectivity index (χ3v) is 3.28. The van der Waals surface area contributed by atoms with Gasteiger partial charge in [-0.1, -0.05) is 6.92 Å². The first-order chi connectivity index (χ1) is 10.9. The van der Waals surface area contributed by atoms with Crippen LogP contribution in [0.1, 0.15) is 26.5 Å². The van der Waals surface area contributed by atoms with Gasteiger partial charge in [0.25, 0.3) is 5.56 Å². The Morgan fingerprint density at radius 3 is 2.52 bits per heavy atom. The van der Waals surface area contributed by atoms with E-state index >= 15 is 0 Å². The molecule has 0 bridgehead atoms. The maximum absolute atomic E-state index is 13.1. The lowest BCUT2D eigenvalue weighted by Crippen LogP contribution is -2.37. The van der Waals surface area contributed by atoms with Crippen LogP contribution in [0.2, 0.25) is 0 Å². The SMILES string of the molecule is CCc1cc(=O)n(CC(=O)NC(C)C)c(-c2ccc(F)cc2)n1. The van der Waals surface area contributed by atoms with Gasteiger partial charge in [-0.15, -0.1) is 0 Å². The highest BCUT2D eigenvalue weighted by Gasteiger charge is 2.14. The zero-order chi connectivity index (χ0) is 17.0. The van der Waals surface area contributed by atoms with Gasteiger partial charge in [0, 0.05) is 23.4 Å². The van der Waals surface area contributed by atoms with Gasteiger partial charge in [0.05, 0.1) is 0 Å². The first kappa shape index (κ1) is 16.9. The Bertz CT molecular complexity index is 751. The molecule has 1 aromatic heterocycles. The number of halogens is 1. The minimum absolute atomic E-state index is 0.0182. The van der Waals surface area contributed by atoms with Crippen LogP contribution in [-0.2, 0) is 17.8 Å². The lowest BCUT2D eigenvalue weighted by Gasteiger charge is -2.14. The van der Waals surface area contributed by atoms with Crippen molar-refractivity contribution in [2.75, 3.05) is 0 Å². The number of benzene rings is 1. The summed E-state index contributed by atoms with van der Waals surface area (Å²) in [5.74, 6) is -0.267. The van der Waals surface area contributed by atoms with Gasteiger partial charge < -0.3 is 5.32 Å². The third kappa shape index (κ3) is 4.25. The molecule has 0 aliphatic rings. The number of nitrogens with zero attached hydrogens (tertiary/aromatic N) is 2. The summed E-state index contributed by atoms with van der Waals surface area (Å²) in [4.78, 5) is 28.8. The van der Waals surface area contributed by atoms with Crippen molar-refractivity contribution < 1.29 is 9.18 Å². The minimum Gasteiger partial charge on any atom is -0.352 e. The first-order valence-corrected chi connectivity index (χ1v) is 7.56. The van der Waals surface area contributed by atoms with Crippen molar-refractivity contribution in [3.63, 3.8) is 0 Å². The van der Waals surface area contributed by atoms with Crippen molar-refractivity contribution in [3.05, 3.63) is 52.2 Å². The first-order valence-electron chi connectivity index (χ1n) is 7.56. The van der Waals surface area contributed by atoms with Crippen LogP contribution >= 0.6 is 0 Å². The standard InChI is InChI=1S/C17H20FN3O2/c1-4-14-9-16(23)21(10-15(22)19-11(2)3)17(20-14)12-5-7-13(18)8-6-12/h5-9,11H,4,10H2,1-3H3,(H,19,22). The van der Waals surface area contributed by atoms with E-state index in [1.165, 1.54) is 22.8 Å². The van der Waals surface area contributed by atoms with E-state index in [1.807, 2.05) is 20.8 Å². The molecule has 23 heavy (non-hydrogen) atoms. The van der Waals surface area contributed by atoms with Crippen molar-refractivity contribution in [1.82, 2.24) is 14.9 Å². The molecule has 0 unspecified atom stereocenters. The fourth-order valence-corrected chi connectivity index (χ4v) is 2.22. The van der Waals surface area contributed by atoms with E-state index in [0.717, 1.165) is 0 Å². The fraction of sp³-hybridized carbons (Fsp3) is 0.353. The number of aromatic nitrogens is 2. The van der Waals surface area contributed by atoms with Crippen LogP contribution < -0.4 is 10.9 Å². The number of hydrogen-bond acceptors (Lipinski definition) is 3. The Hall–Kier alpha value is -2.50. The number of hydrogen-bond donors (Lipinski definition) is 1. The van der Waals surface area contributed by atoms with E-state index in [1.54, 1.807) is 12.1 Å². The summed E-state index contributed by atoms with van der Waals surface area (Å²) in [7, 11) is 0. The summed E-state index contributed by atoms with van der Waals surface area (Å²) in [6.45, 7) is 5.47. The Balaban J connectivity index is 2.49. The summed E-state index contributed by atoms with van der Waals surface area (Å²) < 4.78 is 14.4. The number of aryl methyl sites for hydroxylation is 1. The molecule has 0 aliphatic carbocycles. The maximum atomic E-state index is 13.1. The van der Waals surface area contributed by atoms with E-state index in [-0.39, 0.29) is 29.9 Å². The number of nitrogens with one attached hydrogen (secondary N) is 1. The molecule has 0 fully saturated rings. The monoisotopic (exact) mass is 317 g/mol. The summed E-state index contributed by atoms with van der Waals surface area (Å²) in [5.41, 5.74) is 0.932. The second-order valence-electron chi connectivity index (χ2n) is 5.58. The molecule has 1 amide bonds. The van der Waals surface area contributed by atoms with Crippen LogP contribution in [0, 0.1) is 5.82 Å². The molecule has 122 valence electrons. The molecule has 1 aromatic carbocycles. The van der Waals surface area contributed by atoms with Gasteiger partial charge >= 0.3 is 0 Å². The number of amides is 1. The summed E-state index contributed by atoms with van der Waals surface area (Å²) in [5, 5.41) is 2.75. The van der Waals surface area contributed by atoms with Gasteiger partial charge in [-0.3, -0.25) is 14.2 Å². The minimum atomic E-state index is -0.369. The van der Waals surface area contributed by atoms with Crippen molar-refractivity contribution in [2.24, 2.45) is 0 Å². The van der Waals surface area contributed by atoms with Crippen molar-refractivity contribution in [2.45, 2.75) is 39.8 Å². The molecule has 0 spiro atoms. The Kier molecular flexibility index (Phi) is 5.26. The second kappa shape index (κ2) is 7.17. The van der Waals surface area contributed by atoms with Crippen LogP contribution in [0.3, 0.4) is 0 Å². The Morgan fingerprint density at radius 2 is 1.96 bits per heavy atom. The van der Waals surface area contributed by atoms with E-state index < -0.39 is 0 Å². The molecule has 5 nitrogen and oxygen atoms in total. The van der Waals surface area contributed by atoms with E-state index in [4.69, 9.17) is 0 Å². The number of carbonyl (C=O) groups excluding carboxylic acids is 1. The topological polar surface area (TPSA) is 64.0 Å². The normalized spacial score (nSPS) is 10.8. The van der Waals surface area contributed by atoms with E-state index in [9.17, 15) is 14.0 Å². The van der Waals surface area contributed by atoms with Gasteiger partial charge in [0.2, 0.25) is 5.91 Å². The quantitative estimate of drug-likeness (QED) is 0.919. The lowest BCUT2D eigenvalue weighted by atomic mass is 10.2. The fourth-order valence-electron chi connectivity index (χ4n) is 2.22. The molecule has 1 N–H and O–H groups in total. The van der Waals surface area contributed by atoms with Crippen LogP contribution in [-0.4, -0.2) is 21.5 Å². The largest absolute Gasteiger partial charge is 0.352 e. The van der Waals surface area contributed by atoms with Crippen LogP contribution in [0.25, 0.3) is 11.4 Å². The van der Waals surface area contributed by atoms with Crippen molar-refractivity contribution in [3.8, 4) is 11.4 Å². The molecule has 0 saturated heterocycles. The molecule has 2 aromatic rings. The Morgan fingerprint density at radius 1 is 1.30 bits per heavy atom. The highest BCUT2D eigenvalue weighted by molar-refractivity contribution is 5.76. The zero-order valence-electron chi connectivity index (χ0n) is 13.5. The molecule has 1 heterocycles. The highest BCUT2D eigenvalue weighted by Crippen LogP contribution is 2.17. The van der Waals surface area contributed by atoms with Gasteiger partial charge in [-0.05, 0) is 44.5 Å². The van der Waals surface area contributed by atoms with Gasteiger partial charge in [-0.25, -0.2) is 9.37 Å². The average molecular weight is 317 g/mol. The van der Waals surface area contributed by atoms with Crippen LogP contribution in [0.4, 0.5) is 4.39 Å². The zero-order valence-corrected chi connectivity index (χ0v) is 13.5.